The summed E-state index contributed by atoms with van der Waals surface area (Å²) in [5.74, 6) is -0.129. The second-order valence-corrected chi connectivity index (χ2v) is 8.62. The summed E-state index contributed by atoms with van der Waals surface area (Å²) in [5.41, 5.74) is 2.36. The molecule has 1 amide bonds. The Labute approximate surface area is 185 Å². The number of amides is 1. The van der Waals surface area contributed by atoms with E-state index in [1.165, 1.54) is 6.92 Å². The van der Waals surface area contributed by atoms with Crippen LogP contribution in [0.1, 0.15) is 45.6 Å². The Balaban J connectivity index is 1.80. The fourth-order valence-corrected chi connectivity index (χ4v) is 4.05. The molecule has 0 saturated carbocycles. The van der Waals surface area contributed by atoms with Crippen molar-refractivity contribution in [3.63, 3.8) is 0 Å². The van der Waals surface area contributed by atoms with Gasteiger partial charge >= 0.3 is 0 Å². The second kappa shape index (κ2) is 8.05. The molecule has 1 aliphatic heterocycles. The number of rotatable bonds is 5. The standard InChI is InChI=1S/C24H21Cl2NO3/c1-24(30,14-28)17-6-11-20-21(12-17)23(29)27(13-15-2-7-18(25)8-3-15)22(20)16-4-9-19(26)10-5-16/h2-12,22,28,30H,13-14H2,1H3. The molecule has 0 fully saturated rings. The molecule has 154 valence electrons. The Bertz CT molecular complexity index is 1080. The monoisotopic (exact) mass is 441 g/mol. The van der Waals surface area contributed by atoms with Crippen LogP contribution in [0.25, 0.3) is 0 Å². The lowest BCUT2D eigenvalue weighted by molar-refractivity contribution is -0.00231. The van der Waals surface area contributed by atoms with Gasteiger partial charge in [0.1, 0.15) is 5.60 Å². The van der Waals surface area contributed by atoms with E-state index in [0.29, 0.717) is 27.7 Å². The van der Waals surface area contributed by atoms with Crippen molar-refractivity contribution in [2.24, 2.45) is 0 Å². The summed E-state index contributed by atoms with van der Waals surface area (Å²) in [6.45, 7) is 1.50. The third-order valence-electron chi connectivity index (χ3n) is 5.53. The van der Waals surface area contributed by atoms with Gasteiger partial charge in [-0.3, -0.25) is 4.79 Å². The molecular formula is C24H21Cl2NO3. The zero-order valence-corrected chi connectivity index (χ0v) is 17.9. The Morgan fingerprint density at radius 3 is 2.17 bits per heavy atom. The van der Waals surface area contributed by atoms with Crippen LogP contribution >= 0.6 is 23.2 Å². The van der Waals surface area contributed by atoms with Crippen LogP contribution in [-0.4, -0.2) is 27.6 Å². The van der Waals surface area contributed by atoms with Gasteiger partial charge in [-0.15, -0.1) is 0 Å². The van der Waals surface area contributed by atoms with Crippen molar-refractivity contribution in [2.45, 2.75) is 25.1 Å². The highest BCUT2D eigenvalue weighted by atomic mass is 35.5. The van der Waals surface area contributed by atoms with Crippen molar-refractivity contribution in [2.75, 3.05) is 6.61 Å². The molecule has 1 aliphatic rings. The average molecular weight is 442 g/mol. The molecule has 0 bridgehead atoms. The SMILES string of the molecule is CC(O)(CO)c1ccc2c(c1)C(=O)N(Cc1ccc(Cl)cc1)C2c1ccc(Cl)cc1. The van der Waals surface area contributed by atoms with Crippen LogP contribution in [0.2, 0.25) is 10.0 Å². The van der Waals surface area contributed by atoms with Crippen LogP contribution in [0.15, 0.2) is 66.7 Å². The van der Waals surface area contributed by atoms with Gasteiger partial charge in [-0.05, 0) is 59.5 Å². The van der Waals surface area contributed by atoms with E-state index in [-0.39, 0.29) is 11.9 Å². The maximum absolute atomic E-state index is 13.4. The van der Waals surface area contributed by atoms with Gasteiger partial charge in [0.15, 0.2) is 0 Å². The Morgan fingerprint density at radius 1 is 0.967 bits per heavy atom. The van der Waals surface area contributed by atoms with Crippen molar-refractivity contribution in [3.05, 3.63) is 105 Å². The van der Waals surface area contributed by atoms with Crippen molar-refractivity contribution < 1.29 is 15.0 Å². The largest absolute Gasteiger partial charge is 0.393 e. The normalized spacial score (nSPS) is 17.7. The minimum absolute atomic E-state index is 0.129. The number of halogens is 2. The lowest BCUT2D eigenvalue weighted by Crippen LogP contribution is -2.28. The highest BCUT2D eigenvalue weighted by Crippen LogP contribution is 2.41. The van der Waals surface area contributed by atoms with E-state index in [9.17, 15) is 15.0 Å². The van der Waals surface area contributed by atoms with Gasteiger partial charge in [0.25, 0.3) is 5.91 Å². The average Bonchev–Trinajstić information content (AvgIpc) is 3.01. The fourth-order valence-electron chi connectivity index (χ4n) is 3.80. The first kappa shape index (κ1) is 20.9. The van der Waals surface area contributed by atoms with Gasteiger partial charge < -0.3 is 15.1 Å². The number of aliphatic hydroxyl groups excluding tert-OH is 1. The van der Waals surface area contributed by atoms with Crippen molar-refractivity contribution in [1.82, 2.24) is 4.90 Å². The molecule has 1 heterocycles. The van der Waals surface area contributed by atoms with E-state index in [0.717, 1.165) is 16.7 Å². The minimum Gasteiger partial charge on any atom is -0.393 e. The smallest absolute Gasteiger partial charge is 0.255 e. The molecule has 6 heteroatoms. The first-order chi connectivity index (χ1) is 14.3. The maximum atomic E-state index is 13.4. The molecular weight excluding hydrogens is 421 g/mol. The number of nitrogens with zero attached hydrogens (tertiary/aromatic N) is 1. The number of carbonyl (C=O) groups excluding carboxylic acids is 1. The molecule has 2 N–H and O–H groups in total. The molecule has 0 radical (unpaired) electrons. The fraction of sp³-hybridized carbons (Fsp3) is 0.208. The van der Waals surface area contributed by atoms with Gasteiger partial charge in [0.05, 0.1) is 12.6 Å². The van der Waals surface area contributed by atoms with Gasteiger partial charge in [-0.2, -0.15) is 0 Å². The van der Waals surface area contributed by atoms with E-state index in [1.54, 1.807) is 29.2 Å². The van der Waals surface area contributed by atoms with Gasteiger partial charge in [0.2, 0.25) is 0 Å². The lowest BCUT2D eigenvalue weighted by Gasteiger charge is -2.26. The number of hydrogen-bond donors (Lipinski definition) is 2. The molecule has 2 unspecified atom stereocenters. The zero-order chi connectivity index (χ0) is 21.5. The summed E-state index contributed by atoms with van der Waals surface area (Å²) < 4.78 is 0. The van der Waals surface area contributed by atoms with E-state index in [1.807, 2.05) is 42.5 Å². The van der Waals surface area contributed by atoms with E-state index < -0.39 is 12.2 Å². The predicted octanol–water partition coefficient (Wildman–Crippen LogP) is 4.94. The van der Waals surface area contributed by atoms with Gasteiger partial charge in [0, 0.05) is 22.2 Å². The third kappa shape index (κ3) is 3.84. The lowest BCUT2D eigenvalue weighted by atomic mass is 9.91. The summed E-state index contributed by atoms with van der Waals surface area (Å²) in [4.78, 5) is 15.2. The molecule has 4 rings (SSSR count). The molecule has 2 atom stereocenters. The summed E-state index contributed by atoms with van der Waals surface area (Å²) in [6.07, 6.45) is 0. The van der Waals surface area contributed by atoms with Crippen LogP contribution in [0.5, 0.6) is 0 Å². The number of benzene rings is 3. The Morgan fingerprint density at radius 2 is 1.57 bits per heavy atom. The van der Waals surface area contributed by atoms with E-state index in [2.05, 4.69) is 0 Å². The summed E-state index contributed by atoms with van der Waals surface area (Å²) in [6, 6.07) is 19.9. The number of aliphatic hydroxyl groups is 2. The molecule has 0 spiro atoms. The number of carbonyl (C=O) groups is 1. The van der Waals surface area contributed by atoms with Crippen molar-refractivity contribution >= 4 is 29.1 Å². The Kier molecular flexibility index (Phi) is 5.60. The zero-order valence-electron chi connectivity index (χ0n) is 16.3. The molecule has 3 aromatic carbocycles. The number of fused-ring (bicyclic) bond motifs is 1. The molecule has 4 nitrogen and oxygen atoms in total. The van der Waals surface area contributed by atoms with Crippen LogP contribution in [0.3, 0.4) is 0 Å². The summed E-state index contributed by atoms with van der Waals surface area (Å²) in [5, 5.41) is 21.2. The summed E-state index contributed by atoms with van der Waals surface area (Å²) >= 11 is 12.1. The molecule has 0 saturated heterocycles. The topological polar surface area (TPSA) is 60.8 Å². The summed E-state index contributed by atoms with van der Waals surface area (Å²) in [7, 11) is 0. The molecule has 3 aromatic rings. The quantitative estimate of drug-likeness (QED) is 0.589. The van der Waals surface area contributed by atoms with E-state index in [4.69, 9.17) is 23.2 Å². The van der Waals surface area contributed by atoms with Gasteiger partial charge in [-0.1, -0.05) is 59.6 Å². The second-order valence-electron chi connectivity index (χ2n) is 7.75. The Hall–Kier alpha value is -2.37. The van der Waals surface area contributed by atoms with E-state index >= 15 is 0 Å². The highest BCUT2D eigenvalue weighted by Gasteiger charge is 2.38. The van der Waals surface area contributed by atoms with Crippen molar-refractivity contribution in [3.8, 4) is 0 Å². The molecule has 30 heavy (non-hydrogen) atoms. The maximum Gasteiger partial charge on any atom is 0.255 e. The first-order valence-electron chi connectivity index (χ1n) is 9.59. The van der Waals surface area contributed by atoms with Crippen LogP contribution in [0.4, 0.5) is 0 Å². The van der Waals surface area contributed by atoms with Gasteiger partial charge in [-0.25, -0.2) is 0 Å². The van der Waals surface area contributed by atoms with Crippen LogP contribution in [0, 0.1) is 0 Å². The predicted molar refractivity (Wildman–Crippen MR) is 118 cm³/mol. The van der Waals surface area contributed by atoms with Crippen LogP contribution in [-0.2, 0) is 12.1 Å². The highest BCUT2D eigenvalue weighted by molar-refractivity contribution is 6.30. The van der Waals surface area contributed by atoms with Crippen LogP contribution < -0.4 is 0 Å². The molecule has 0 aliphatic carbocycles. The van der Waals surface area contributed by atoms with Crippen molar-refractivity contribution in [1.29, 1.82) is 0 Å². The minimum atomic E-state index is -1.42. The third-order valence-corrected chi connectivity index (χ3v) is 6.04. The molecule has 0 aromatic heterocycles. The first-order valence-corrected chi connectivity index (χ1v) is 10.3. The number of hydrogen-bond acceptors (Lipinski definition) is 3.